The molecule has 0 radical (unpaired) electrons. The van der Waals surface area contributed by atoms with Gasteiger partial charge in [-0.25, -0.2) is 0 Å². The van der Waals surface area contributed by atoms with Crippen molar-refractivity contribution in [3.63, 3.8) is 0 Å². The fourth-order valence-corrected chi connectivity index (χ4v) is 7.18. The zero-order chi connectivity index (χ0) is 28.1. The lowest BCUT2D eigenvalue weighted by Crippen LogP contribution is -1.96. The highest BCUT2D eigenvalue weighted by Crippen LogP contribution is 2.43. The molecule has 10 aromatic rings. The zero-order valence-corrected chi connectivity index (χ0v) is 23.2. The quantitative estimate of drug-likeness (QED) is 0.211. The summed E-state index contributed by atoms with van der Waals surface area (Å²) in [6.07, 6.45) is 0. The molecule has 0 fully saturated rings. The molecule has 0 saturated carbocycles. The van der Waals surface area contributed by atoms with Crippen LogP contribution in [0.1, 0.15) is 0 Å². The van der Waals surface area contributed by atoms with Crippen LogP contribution in [-0.4, -0.2) is 9.13 Å². The second-order valence-corrected chi connectivity index (χ2v) is 11.4. The normalized spacial score (nSPS) is 12.2. The summed E-state index contributed by atoms with van der Waals surface area (Å²) in [6.45, 7) is 0. The van der Waals surface area contributed by atoms with Gasteiger partial charge in [0.25, 0.3) is 0 Å². The van der Waals surface area contributed by atoms with Gasteiger partial charge in [-0.05, 0) is 65.4 Å². The number of hydrogen-bond acceptors (Lipinski definition) is 1. The van der Waals surface area contributed by atoms with Gasteiger partial charge in [0.05, 0.1) is 22.1 Å². The van der Waals surface area contributed by atoms with E-state index in [4.69, 9.17) is 4.42 Å². The standard InChI is InChI=1S/C40H24N2O/c1-2-12-27(13-3-1)41-35-16-8-6-14-29(35)33-23-34-31-20-21-32-30-15-7-9-17-38(30)43-40(32)39(31)42(37(34)24-36(33)41)28-19-18-25-10-4-5-11-26(25)22-28/h1-24H. The van der Waals surface area contributed by atoms with Crippen LogP contribution < -0.4 is 0 Å². The first-order valence-electron chi connectivity index (χ1n) is 14.7. The minimum atomic E-state index is 0.909. The number of para-hydroxylation sites is 3. The maximum Gasteiger partial charge on any atom is 0.160 e. The molecule has 0 aliphatic carbocycles. The van der Waals surface area contributed by atoms with E-state index >= 15 is 0 Å². The third-order valence-electron chi connectivity index (χ3n) is 9.07. The average molecular weight is 549 g/mol. The molecule has 3 aromatic heterocycles. The van der Waals surface area contributed by atoms with E-state index in [0.29, 0.717) is 0 Å². The Morgan fingerprint density at radius 2 is 1.07 bits per heavy atom. The fourth-order valence-electron chi connectivity index (χ4n) is 7.18. The number of rotatable bonds is 2. The Morgan fingerprint density at radius 1 is 0.372 bits per heavy atom. The molecule has 3 heterocycles. The predicted molar refractivity (Wildman–Crippen MR) is 180 cm³/mol. The van der Waals surface area contributed by atoms with Gasteiger partial charge in [0.15, 0.2) is 5.58 Å². The predicted octanol–water partition coefficient (Wildman–Crippen LogP) is 10.9. The van der Waals surface area contributed by atoms with Crippen LogP contribution in [0.4, 0.5) is 0 Å². The van der Waals surface area contributed by atoms with Gasteiger partial charge in [-0.1, -0.05) is 91.0 Å². The molecule has 0 spiro atoms. The first kappa shape index (κ1) is 22.8. The molecule has 0 aliphatic rings. The first-order chi connectivity index (χ1) is 21.3. The highest BCUT2D eigenvalue weighted by atomic mass is 16.3. The van der Waals surface area contributed by atoms with Crippen molar-refractivity contribution in [1.82, 2.24) is 9.13 Å². The number of furan rings is 1. The zero-order valence-electron chi connectivity index (χ0n) is 23.2. The van der Waals surface area contributed by atoms with Gasteiger partial charge in [-0.2, -0.15) is 0 Å². The van der Waals surface area contributed by atoms with Crippen molar-refractivity contribution in [2.45, 2.75) is 0 Å². The molecule has 10 rings (SSSR count). The second kappa shape index (κ2) is 8.37. The van der Waals surface area contributed by atoms with E-state index in [9.17, 15) is 0 Å². The lowest BCUT2D eigenvalue weighted by Gasteiger charge is -2.11. The van der Waals surface area contributed by atoms with E-state index in [2.05, 4.69) is 149 Å². The topological polar surface area (TPSA) is 23.0 Å². The van der Waals surface area contributed by atoms with Crippen LogP contribution in [-0.2, 0) is 0 Å². The van der Waals surface area contributed by atoms with Crippen molar-refractivity contribution < 1.29 is 4.42 Å². The van der Waals surface area contributed by atoms with Crippen molar-refractivity contribution in [1.29, 1.82) is 0 Å². The van der Waals surface area contributed by atoms with Gasteiger partial charge in [0.2, 0.25) is 0 Å². The summed E-state index contributed by atoms with van der Waals surface area (Å²) in [5.41, 5.74) is 8.75. The maximum atomic E-state index is 6.66. The third kappa shape index (κ3) is 3.08. The second-order valence-electron chi connectivity index (χ2n) is 11.4. The van der Waals surface area contributed by atoms with Crippen LogP contribution in [0.2, 0.25) is 0 Å². The SMILES string of the molecule is c1ccc(-n2c3ccccc3c3cc4c5ccc6c7ccccc7oc6c5n(-c5ccc6ccccc6c5)c4cc32)cc1. The molecule has 3 nitrogen and oxygen atoms in total. The molecule has 3 heteroatoms. The molecule has 0 amide bonds. The highest BCUT2D eigenvalue weighted by Gasteiger charge is 2.22. The highest BCUT2D eigenvalue weighted by molar-refractivity contribution is 6.24. The van der Waals surface area contributed by atoms with Gasteiger partial charge < -0.3 is 13.6 Å². The largest absolute Gasteiger partial charge is 0.454 e. The molecule has 0 atom stereocenters. The molecule has 0 aliphatic heterocycles. The Bertz CT molecular complexity index is 2720. The van der Waals surface area contributed by atoms with Crippen molar-refractivity contribution in [3.8, 4) is 11.4 Å². The number of aromatic nitrogens is 2. The van der Waals surface area contributed by atoms with Gasteiger partial charge in [-0.15, -0.1) is 0 Å². The van der Waals surface area contributed by atoms with E-state index in [1.54, 1.807) is 0 Å². The molecular formula is C40H24N2O. The smallest absolute Gasteiger partial charge is 0.160 e. The van der Waals surface area contributed by atoms with Crippen LogP contribution >= 0.6 is 0 Å². The molecule has 43 heavy (non-hydrogen) atoms. The molecule has 0 bridgehead atoms. The summed E-state index contributed by atoms with van der Waals surface area (Å²) < 4.78 is 11.5. The fraction of sp³-hybridized carbons (Fsp3) is 0. The number of benzene rings is 7. The minimum Gasteiger partial charge on any atom is -0.454 e. The summed E-state index contributed by atoms with van der Waals surface area (Å²) in [5, 5.41) is 9.62. The van der Waals surface area contributed by atoms with E-state index < -0.39 is 0 Å². The van der Waals surface area contributed by atoms with E-state index in [1.165, 1.54) is 43.4 Å². The molecule has 7 aromatic carbocycles. The lowest BCUT2D eigenvalue weighted by molar-refractivity contribution is 0.671. The number of nitrogens with zero attached hydrogens (tertiary/aromatic N) is 2. The van der Waals surface area contributed by atoms with E-state index in [-0.39, 0.29) is 0 Å². The minimum absolute atomic E-state index is 0.909. The van der Waals surface area contributed by atoms with Crippen molar-refractivity contribution >= 4 is 76.3 Å². The van der Waals surface area contributed by atoms with E-state index in [0.717, 1.165) is 44.3 Å². The molecule has 200 valence electrons. The molecule has 0 unspecified atom stereocenters. The summed E-state index contributed by atoms with van der Waals surface area (Å²) in [7, 11) is 0. The Morgan fingerprint density at radius 3 is 1.98 bits per heavy atom. The Hall–Kier alpha value is -5.80. The van der Waals surface area contributed by atoms with Crippen LogP contribution in [0.25, 0.3) is 87.7 Å². The number of hydrogen-bond donors (Lipinski definition) is 0. The monoisotopic (exact) mass is 548 g/mol. The summed E-state index contributed by atoms with van der Waals surface area (Å²) in [5.74, 6) is 0. The van der Waals surface area contributed by atoms with Crippen molar-refractivity contribution in [3.05, 3.63) is 146 Å². The van der Waals surface area contributed by atoms with Crippen molar-refractivity contribution in [2.24, 2.45) is 0 Å². The Labute approximate surface area is 246 Å². The average Bonchev–Trinajstić information content (AvgIpc) is 3.71. The Balaban J connectivity index is 1.43. The molecule has 0 N–H and O–H groups in total. The maximum absolute atomic E-state index is 6.66. The van der Waals surface area contributed by atoms with E-state index in [1.807, 2.05) is 6.07 Å². The summed E-state index contributed by atoms with van der Waals surface area (Å²) >= 11 is 0. The lowest BCUT2D eigenvalue weighted by atomic mass is 10.1. The summed E-state index contributed by atoms with van der Waals surface area (Å²) in [6, 6.07) is 52.3. The van der Waals surface area contributed by atoms with Crippen LogP contribution in [0.3, 0.4) is 0 Å². The first-order valence-corrected chi connectivity index (χ1v) is 14.7. The number of fused-ring (bicyclic) bond motifs is 11. The van der Waals surface area contributed by atoms with Crippen molar-refractivity contribution in [2.75, 3.05) is 0 Å². The Kier molecular flexibility index (Phi) is 4.45. The van der Waals surface area contributed by atoms with Gasteiger partial charge >= 0.3 is 0 Å². The van der Waals surface area contributed by atoms with Gasteiger partial charge in [0, 0.05) is 43.7 Å². The molecule has 0 saturated heterocycles. The van der Waals surface area contributed by atoms with Crippen LogP contribution in [0.5, 0.6) is 0 Å². The van der Waals surface area contributed by atoms with Crippen LogP contribution in [0.15, 0.2) is 150 Å². The summed E-state index contributed by atoms with van der Waals surface area (Å²) in [4.78, 5) is 0. The molecular weight excluding hydrogens is 524 g/mol. The van der Waals surface area contributed by atoms with Crippen LogP contribution in [0, 0.1) is 0 Å². The van der Waals surface area contributed by atoms with Gasteiger partial charge in [-0.3, -0.25) is 0 Å². The third-order valence-corrected chi connectivity index (χ3v) is 9.07. The van der Waals surface area contributed by atoms with Gasteiger partial charge in [0.1, 0.15) is 5.58 Å².